The number of fused-ring (bicyclic) bond motifs is 2. The van der Waals surface area contributed by atoms with Crippen molar-refractivity contribution in [2.45, 2.75) is 57.7 Å². The number of hydrogen-bond acceptors (Lipinski definition) is 5. The Morgan fingerprint density at radius 1 is 0.889 bits per heavy atom. The predicted molar refractivity (Wildman–Crippen MR) is 144 cm³/mol. The molecule has 36 heavy (non-hydrogen) atoms. The number of benzene rings is 2. The minimum atomic E-state index is 0.679. The molecule has 1 saturated carbocycles. The summed E-state index contributed by atoms with van der Waals surface area (Å²) in [6.45, 7) is 6.19. The normalized spacial score (nSPS) is 19.0. The summed E-state index contributed by atoms with van der Waals surface area (Å²) in [5.74, 6) is 3.10. The maximum atomic E-state index is 6.72. The topological polar surface area (TPSA) is 44.8 Å². The Balaban J connectivity index is 1.17. The molecule has 5 nitrogen and oxygen atoms in total. The number of nitrogens with zero attached hydrogens (tertiary/aromatic N) is 2. The van der Waals surface area contributed by atoms with Gasteiger partial charge in [-0.2, -0.15) is 0 Å². The van der Waals surface area contributed by atoms with Gasteiger partial charge in [0.05, 0.1) is 19.4 Å². The molecule has 2 aromatic carbocycles. The molecule has 2 aromatic heterocycles. The standard InChI is InChI=1S/C31H35N3O2/c1-2-8-23(9-3-1)34-16-14-33(15-17-34)21-29-26-12-13-28(32-20-24-10-6-18-35-24)27-19-22-7-4-5-11-25(22)31(36-29)30(26)27/h4-7,10-13,18,23,32H,1-3,8-9,14-17,19-21H2. The lowest BCUT2D eigenvalue weighted by molar-refractivity contribution is 0.0726. The van der Waals surface area contributed by atoms with Gasteiger partial charge in [-0.3, -0.25) is 9.80 Å². The van der Waals surface area contributed by atoms with Crippen LogP contribution >= 0.6 is 0 Å². The van der Waals surface area contributed by atoms with Gasteiger partial charge in [0.2, 0.25) is 0 Å². The molecule has 5 heteroatoms. The van der Waals surface area contributed by atoms with E-state index in [1.165, 1.54) is 78.3 Å². The van der Waals surface area contributed by atoms with Crippen LogP contribution in [0.5, 0.6) is 0 Å². The van der Waals surface area contributed by atoms with Gasteiger partial charge < -0.3 is 14.2 Å². The van der Waals surface area contributed by atoms with E-state index >= 15 is 0 Å². The van der Waals surface area contributed by atoms with Gasteiger partial charge in [0.1, 0.15) is 17.3 Å². The fraction of sp³-hybridized carbons (Fsp3) is 0.419. The fourth-order valence-electron chi connectivity index (χ4n) is 6.64. The molecule has 0 atom stereocenters. The van der Waals surface area contributed by atoms with Crippen LogP contribution in [-0.4, -0.2) is 42.0 Å². The number of piperazine rings is 1. The van der Waals surface area contributed by atoms with Gasteiger partial charge in [0.15, 0.2) is 0 Å². The Hall–Kier alpha value is -3.02. The lowest BCUT2D eigenvalue weighted by Gasteiger charge is -2.40. The molecule has 0 spiro atoms. The summed E-state index contributed by atoms with van der Waals surface area (Å²) in [6, 6.07) is 18.0. The Morgan fingerprint density at radius 3 is 2.58 bits per heavy atom. The molecular weight excluding hydrogens is 446 g/mol. The van der Waals surface area contributed by atoms with Crippen molar-refractivity contribution in [3.63, 3.8) is 0 Å². The largest absolute Gasteiger partial charge is 0.467 e. The molecule has 186 valence electrons. The maximum Gasteiger partial charge on any atom is 0.142 e. The average molecular weight is 482 g/mol. The van der Waals surface area contributed by atoms with Crippen molar-refractivity contribution in [3.05, 3.63) is 77.4 Å². The van der Waals surface area contributed by atoms with Crippen LogP contribution in [0.4, 0.5) is 5.69 Å². The van der Waals surface area contributed by atoms with Crippen LogP contribution in [0.15, 0.2) is 63.6 Å². The summed E-state index contributed by atoms with van der Waals surface area (Å²) >= 11 is 0. The maximum absolute atomic E-state index is 6.72. The van der Waals surface area contributed by atoms with E-state index in [1.54, 1.807) is 6.26 Å². The van der Waals surface area contributed by atoms with Crippen molar-refractivity contribution in [2.24, 2.45) is 0 Å². The van der Waals surface area contributed by atoms with E-state index in [1.807, 2.05) is 12.1 Å². The van der Waals surface area contributed by atoms with E-state index in [0.717, 1.165) is 49.4 Å². The second kappa shape index (κ2) is 9.45. The number of rotatable bonds is 6. The van der Waals surface area contributed by atoms with Crippen molar-refractivity contribution in [3.8, 4) is 11.3 Å². The van der Waals surface area contributed by atoms with Gasteiger partial charge >= 0.3 is 0 Å². The third-order valence-corrected chi connectivity index (χ3v) is 8.59. The van der Waals surface area contributed by atoms with Gasteiger partial charge in [-0.1, -0.05) is 43.5 Å². The van der Waals surface area contributed by atoms with Crippen LogP contribution < -0.4 is 5.32 Å². The molecule has 0 radical (unpaired) electrons. The second-order valence-corrected chi connectivity index (χ2v) is 10.7. The predicted octanol–water partition coefficient (Wildman–Crippen LogP) is 6.66. The minimum Gasteiger partial charge on any atom is -0.467 e. The zero-order valence-electron chi connectivity index (χ0n) is 21.0. The number of anilines is 1. The van der Waals surface area contributed by atoms with E-state index in [9.17, 15) is 0 Å². The molecule has 1 aliphatic heterocycles. The molecule has 0 amide bonds. The third kappa shape index (κ3) is 4.04. The molecule has 1 saturated heterocycles. The first kappa shape index (κ1) is 22.2. The zero-order valence-corrected chi connectivity index (χ0v) is 21.0. The Kier molecular flexibility index (Phi) is 5.83. The van der Waals surface area contributed by atoms with Crippen molar-refractivity contribution < 1.29 is 8.83 Å². The number of nitrogens with one attached hydrogen (secondary N) is 1. The summed E-state index contributed by atoms with van der Waals surface area (Å²) in [6.07, 6.45) is 9.68. The molecule has 0 bridgehead atoms. The van der Waals surface area contributed by atoms with Gasteiger partial charge in [-0.25, -0.2) is 0 Å². The summed E-state index contributed by atoms with van der Waals surface area (Å²) in [7, 11) is 0. The fourth-order valence-corrected chi connectivity index (χ4v) is 6.64. The molecular formula is C31H35N3O2. The Bertz CT molecular complexity index is 1340. The van der Waals surface area contributed by atoms with Crippen LogP contribution in [-0.2, 0) is 19.5 Å². The van der Waals surface area contributed by atoms with Crippen molar-refractivity contribution in [1.82, 2.24) is 9.80 Å². The minimum absolute atomic E-state index is 0.679. The van der Waals surface area contributed by atoms with E-state index in [0.29, 0.717) is 6.54 Å². The quantitative estimate of drug-likeness (QED) is 0.294. The zero-order chi connectivity index (χ0) is 23.9. The first-order chi connectivity index (χ1) is 17.8. The van der Waals surface area contributed by atoms with E-state index in [4.69, 9.17) is 8.83 Å². The monoisotopic (exact) mass is 481 g/mol. The number of hydrogen-bond donors (Lipinski definition) is 1. The molecule has 2 aliphatic carbocycles. The van der Waals surface area contributed by atoms with Crippen LogP contribution in [0.25, 0.3) is 22.1 Å². The first-order valence-electron chi connectivity index (χ1n) is 13.7. The van der Waals surface area contributed by atoms with Crippen LogP contribution in [0.1, 0.15) is 54.8 Å². The number of furan rings is 2. The van der Waals surface area contributed by atoms with Crippen LogP contribution in [0.3, 0.4) is 0 Å². The summed E-state index contributed by atoms with van der Waals surface area (Å²) in [4.78, 5) is 5.34. The van der Waals surface area contributed by atoms with Crippen molar-refractivity contribution in [2.75, 3.05) is 31.5 Å². The van der Waals surface area contributed by atoms with Gasteiger partial charge in [0.25, 0.3) is 0 Å². The highest BCUT2D eigenvalue weighted by Crippen LogP contribution is 2.45. The average Bonchev–Trinajstić information content (AvgIpc) is 3.58. The molecule has 1 N–H and O–H groups in total. The highest BCUT2D eigenvalue weighted by atomic mass is 16.3. The molecule has 2 fully saturated rings. The van der Waals surface area contributed by atoms with Crippen LogP contribution in [0.2, 0.25) is 0 Å². The van der Waals surface area contributed by atoms with Crippen molar-refractivity contribution in [1.29, 1.82) is 0 Å². The van der Waals surface area contributed by atoms with Gasteiger partial charge in [0, 0.05) is 60.7 Å². The van der Waals surface area contributed by atoms with Crippen LogP contribution in [0, 0.1) is 0 Å². The highest BCUT2D eigenvalue weighted by Gasteiger charge is 2.29. The van der Waals surface area contributed by atoms with E-state index in [-0.39, 0.29) is 0 Å². The van der Waals surface area contributed by atoms with Gasteiger partial charge in [-0.05, 0) is 48.2 Å². The molecule has 7 rings (SSSR count). The van der Waals surface area contributed by atoms with Gasteiger partial charge in [-0.15, -0.1) is 0 Å². The summed E-state index contributed by atoms with van der Waals surface area (Å²) in [5.41, 5.74) is 5.08. The smallest absolute Gasteiger partial charge is 0.142 e. The molecule has 3 heterocycles. The summed E-state index contributed by atoms with van der Waals surface area (Å²) in [5, 5.41) is 6.18. The first-order valence-corrected chi connectivity index (χ1v) is 13.7. The SMILES string of the molecule is c1coc(CNc2ccc3c(CN4CCN(C5CCCCC5)CC4)oc4c3c2Cc2ccccc2-4)c1. The summed E-state index contributed by atoms with van der Waals surface area (Å²) < 4.78 is 12.3. The molecule has 0 unspecified atom stereocenters. The highest BCUT2D eigenvalue weighted by molar-refractivity contribution is 6.03. The lowest BCUT2D eigenvalue weighted by Crippen LogP contribution is -2.50. The Morgan fingerprint density at radius 2 is 1.75 bits per heavy atom. The lowest BCUT2D eigenvalue weighted by atomic mass is 9.87. The third-order valence-electron chi connectivity index (χ3n) is 8.59. The Labute approximate surface area is 213 Å². The van der Waals surface area contributed by atoms with E-state index < -0.39 is 0 Å². The second-order valence-electron chi connectivity index (χ2n) is 10.7. The molecule has 3 aliphatic rings. The van der Waals surface area contributed by atoms with E-state index in [2.05, 4.69) is 51.5 Å². The van der Waals surface area contributed by atoms with Crippen molar-refractivity contribution >= 4 is 16.5 Å². The molecule has 4 aromatic rings.